The van der Waals surface area contributed by atoms with Gasteiger partial charge >= 0.3 is 0 Å². The van der Waals surface area contributed by atoms with Crippen molar-refractivity contribution in [2.24, 2.45) is 0 Å². The Hall–Kier alpha value is -5.34. The van der Waals surface area contributed by atoms with E-state index in [1.807, 2.05) is 59.5 Å². The number of thioether (sulfide) groups is 1. The van der Waals surface area contributed by atoms with E-state index < -0.39 is 11.8 Å². The van der Waals surface area contributed by atoms with E-state index in [2.05, 4.69) is 22.8 Å². The first-order chi connectivity index (χ1) is 21.5. The van der Waals surface area contributed by atoms with Crippen LogP contribution in [0.1, 0.15) is 27.2 Å². The van der Waals surface area contributed by atoms with Crippen LogP contribution in [-0.2, 0) is 22.4 Å². The van der Waals surface area contributed by atoms with Crippen molar-refractivity contribution in [3.05, 3.63) is 150 Å². The first kappa shape index (κ1) is 28.8. The van der Waals surface area contributed by atoms with Crippen LogP contribution in [0.5, 0.6) is 0 Å². The maximum Gasteiger partial charge on any atom is 0.272 e. The standard InChI is InChI=1S/C36H29N3O4S/c40-34(39-32-14-6-4-9-25(32)16-17-26-10-5-7-15-33(26)39)24-44-30-20-18-28(19-21-30)37-36(42)31(23-29-13-8-22-43-29)38-35(41)27-11-2-1-3-12-27/h1-15,18-23H,16-17,24H2,(H,37,42)(H,38,41)/b31-23-. The normalized spacial score (nSPS) is 12.5. The van der Waals surface area contributed by atoms with Gasteiger partial charge in [0.15, 0.2) is 0 Å². The smallest absolute Gasteiger partial charge is 0.272 e. The third-order valence-corrected chi connectivity index (χ3v) is 8.21. The number of hydrogen-bond donors (Lipinski definition) is 2. The van der Waals surface area contributed by atoms with Crippen LogP contribution in [0.4, 0.5) is 17.1 Å². The molecule has 0 saturated heterocycles. The molecule has 218 valence electrons. The Balaban J connectivity index is 1.13. The van der Waals surface area contributed by atoms with Gasteiger partial charge in [-0.15, -0.1) is 11.8 Å². The molecule has 6 rings (SSSR count). The number of nitrogens with one attached hydrogen (secondary N) is 2. The summed E-state index contributed by atoms with van der Waals surface area (Å²) in [6, 6.07) is 35.5. The van der Waals surface area contributed by atoms with E-state index in [4.69, 9.17) is 4.42 Å². The number of furan rings is 1. The van der Waals surface area contributed by atoms with Gasteiger partial charge in [0.25, 0.3) is 11.8 Å². The molecule has 4 aromatic carbocycles. The molecule has 1 aliphatic heterocycles. The lowest BCUT2D eigenvalue weighted by Crippen LogP contribution is -2.30. The Kier molecular flexibility index (Phi) is 8.70. The van der Waals surface area contributed by atoms with Crippen molar-refractivity contribution < 1.29 is 18.8 Å². The number of aryl methyl sites for hydroxylation is 2. The number of anilines is 3. The monoisotopic (exact) mass is 599 g/mol. The van der Waals surface area contributed by atoms with E-state index in [9.17, 15) is 14.4 Å². The minimum absolute atomic E-state index is 0.00366. The summed E-state index contributed by atoms with van der Waals surface area (Å²) in [6.45, 7) is 0. The molecular weight excluding hydrogens is 570 g/mol. The van der Waals surface area contributed by atoms with Crippen molar-refractivity contribution in [1.82, 2.24) is 5.32 Å². The zero-order chi connectivity index (χ0) is 30.3. The maximum absolute atomic E-state index is 13.7. The molecule has 0 radical (unpaired) electrons. The summed E-state index contributed by atoms with van der Waals surface area (Å²) in [7, 11) is 0. The first-order valence-corrected chi connectivity index (χ1v) is 15.2. The largest absolute Gasteiger partial charge is 0.465 e. The number of hydrogen-bond acceptors (Lipinski definition) is 5. The zero-order valence-electron chi connectivity index (χ0n) is 23.7. The molecule has 0 bridgehead atoms. The molecule has 0 spiro atoms. The Labute approximate surface area is 259 Å². The molecule has 1 aromatic heterocycles. The number of nitrogens with zero attached hydrogens (tertiary/aromatic N) is 1. The van der Waals surface area contributed by atoms with Gasteiger partial charge in [-0.2, -0.15) is 0 Å². The van der Waals surface area contributed by atoms with Crippen LogP contribution in [0.2, 0.25) is 0 Å². The van der Waals surface area contributed by atoms with Crippen molar-refractivity contribution in [3.8, 4) is 0 Å². The van der Waals surface area contributed by atoms with Crippen LogP contribution in [0.25, 0.3) is 6.08 Å². The molecule has 2 N–H and O–H groups in total. The van der Waals surface area contributed by atoms with E-state index in [0.29, 0.717) is 17.0 Å². The fraction of sp³-hybridized carbons (Fsp3) is 0.0833. The molecule has 44 heavy (non-hydrogen) atoms. The lowest BCUT2D eigenvalue weighted by molar-refractivity contribution is -0.115. The van der Waals surface area contributed by atoms with E-state index in [-0.39, 0.29) is 17.4 Å². The summed E-state index contributed by atoms with van der Waals surface area (Å²) < 4.78 is 5.36. The SMILES string of the molecule is O=C(Nc1ccc(SCC(=O)N2c3ccccc3CCc3ccccc32)cc1)/C(=C/c1ccco1)NC(=O)c1ccccc1. The lowest BCUT2D eigenvalue weighted by Gasteiger charge is -2.25. The third-order valence-electron chi connectivity index (χ3n) is 7.21. The van der Waals surface area contributed by atoms with Gasteiger partial charge in [-0.05, 0) is 84.6 Å². The quantitative estimate of drug-likeness (QED) is 0.145. The first-order valence-electron chi connectivity index (χ1n) is 14.2. The summed E-state index contributed by atoms with van der Waals surface area (Å²) in [5, 5.41) is 5.53. The average Bonchev–Trinajstić information content (AvgIpc) is 3.51. The third kappa shape index (κ3) is 6.66. The fourth-order valence-electron chi connectivity index (χ4n) is 5.05. The van der Waals surface area contributed by atoms with Crippen LogP contribution in [0.3, 0.4) is 0 Å². The Morgan fingerprint density at radius 1 is 0.750 bits per heavy atom. The van der Waals surface area contributed by atoms with Crippen molar-refractivity contribution >= 4 is 52.6 Å². The minimum Gasteiger partial charge on any atom is -0.465 e. The highest BCUT2D eigenvalue weighted by Gasteiger charge is 2.25. The van der Waals surface area contributed by atoms with Gasteiger partial charge in [0.2, 0.25) is 5.91 Å². The molecule has 8 heteroatoms. The Bertz CT molecular complexity index is 1770. The van der Waals surface area contributed by atoms with Crippen LogP contribution in [0.15, 0.2) is 137 Å². The molecule has 1 aliphatic rings. The Morgan fingerprint density at radius 2 is 1.39 bits per heavy atom. The molecule has 0 atom stereocenters. The van der Waals surface area contributed by atoms with Crippen molar-refractivity contribution in [2.45, 2.75) is 17.7 Å². The second-order valence-corrected chi connectivity index (χ2v) is 11.2. The van der Waals surface area contributed by atoms with Gasteiger partial charge in [0.05, 0.1) is 23.4 Å². The topological polar surface area (TPSA) is 91.7 Å². The van der Waals surface area contributed by atoms with Crippen molar-refractivity contribution in [3.63, 3.8) is 0 Å². The molecule has 5 aromatic rings. The molecule has 7 nitrogen and oxygen atoms in total. The summed E-state index contributed by atoms with van der Waals surface area (Å²) >= 11 is 1.44. The zero-order valence-corrected chi connectivity index (χ0v) is 24.6. The van der Waals surface area contributed by atoms with Gasteiger partial charge < -0.3 is 15.1 Å². The number of para-hydroxylation sites is 2. The van der Waals surface area contributed by atoms with Gasteiger partial charge in [0.1, 0.15) is 11.5 Å². The molecule has 3 amide bonds. The highest BCUT2D eigenvalue weighted by atomic mass is 32.2. The second kappa shape index (κ2) is 13.3. The van der Waals surface area contributed by atoms with Crippen molar-refractivity contribution in [1.29, 1.82) is 0 Å². The summed E-state index contributed by atoms with van der Waals surface area (Å²) in [4.78, 5) is 42.4. The minimum atomic E-state index is -0.500. The summed E-state index contributed by atoms with van der Waals surface area (Å²) in [5.41, 5.74) is 5.17. The van der Waals surface area contributed by atoms with Crippen molar-refractivity contribution in [2.75, 3.05) is 16.0 Å². The van der Waals surface area contributed by atoms with Gasteiger partial charge in [-0.1, -0.05) is 54.6 Å². The lowest BCUT2D eigenvalue weighted by atomic mass is 10.0. The fourth-order valence-corrected chi connectivity index (χ4v) is 5.80. The van der Waals surface area contributed by atoms with Crippen LogP contribution < -0.4 is 15.5 Å². The van der Waals surface area contributed by atoms with E-state index in [0.717, 1.165) is 40.2 Å². The molecule has 0 fully saturated rings. The number of carbonyl (C=O) groups excluding carboxylic acids is 3. The molecular formula is C36H29N3O4S. The highest BCUT2D eigenvalue weighted by Crippen LogP contribution is 2.36. The molecule has 0 unspecified atom stereocenters. The molecule has 0 aliphatic carbocycles. The predicted octanol–water partition coefficient (Wildman–Crippen LogP) is 7.24. The van der Waals surface area contributed by atoms with E-state index >= 15 is 0 Å². The van der Waals surface area contributed by atoms with Crippen LogP contribution in [-0.4, -0.2) is 23.5 Å². The number of carbonyl (C=O) groups is 3. The number of fused-ring (bicyclic) bond motifs is 2. The maximum atomic E-state index is 13.7. The van der Waals surface area contributed by atoms with Crippen LogP contribution in [0, 0.1) is 0 Å². The summed E-state index contributed by atoms with van der Waals surface area (Å²) in [5.74, 6) is -0.245. The molecule has 2 heterocycles. The number of benzene rings is 4. The average molecular weight is 600 g/mol. The van der Waals surface area contributed by atoms with Gasteiger partial charge in [-0.25, -0.2) is 0 Å². The van der Waals surface area contributed by atoms with Gasteiger partial charge in [-0.3, -0.25) is 19.3 Å². The number of rotatable bonds is 8. The van der Waals surface area contributed by atoms with Crippen LogP contribution >= 0.6 is 11.8 Å². The van der Waals surface area contributed by atoms with Gasteiger partial charge in [0, 0.05) is 22.2 Å². The predicted molar refractivity (Wildman–Crippen MR) is 174 cm³/mol. The molecule has 0 saturated carbocycles. The summed E-state index contributed by atoms with van der Waals surface area (Å²) in [6.07, 6.45) is 4.73. The highest BCUT2D eigenvalue weighted by molar-refractivity contribution is 8.00. The van der Waals surface area contributed by atoms with E-state index in [1.165, 1.54) is 24.1 Å². The number of amides is 3. The second-order valence-electron chi connectivity index (χ2n) is 10.1. The van der Waals surface area contributed by atoms with E-state index in [1.54, 1.807) is 48.5 Å². The Morgan fingerprint density at radius 3 is 2.02 bits per heavy atom.